The van der Waals surface area contributed by atoms with E-state index < -0.39 is 0 Å². The van der Waals surface area contributed by atoms with Crippen LogP contribution in [0.3, 0.4) is 0 Å². The molecule has 0 aliphatic heterocycles. The predicted octanol–water partition coefficient (Wildman–Crippen LogP) is 5.39. The minimum atomic E-state index is -0.150. The first kappa shape index (κ1) is 15.2. The van der Waals surface area contributed by atoms with Gasteiger partial charge in [-0.25, -0.2) is 4.98 Å². The van der Waals surface area contributed by atoms with Gasteiger partial charge in [0.05, 0.1) is 10.6 Å². The molecule has 3 rings (SSSR count). The fourth-order valence-electron chi connectivity index (χ4n) is 2.03. The third kappa shape index (κ3) is 2.92. The molecule has 0 aliphatic carbocycles. The molecule has 1 N–H and O–H groups in total. The Morgan fingerprint density at radius 2 is 2.05 bits per heavy atom. The number of halogens is 1. The molecule has 0 saturated carbocycles. The van der Waals surface area contributed by atoms with Crippen molar-refractivity contribution in [2.45, 2.75) is 13.8 Å². The number of aromatic nitrogens is 1. The smallest absolute Gasteiger partial charge is 0.267 e. The van der Waals surface area contributed by atoms with Crippen LogP contribution in [0.1, 0.15) is 20.9 Å². The maximum atomic E-state index is 12.5. The van der Waals surface area contributed by atoms with E-state index in [4.69, 9.17) is 11.6 Å². The minimum Gasteiger partial charge on any atom is -0.321 e. The molecule has 0 unspecified atom stereocenters. The Hall–Kier alpha value is -1.69. The number of aryl methyl sites for hydroxylation is 1. The third-order valence-corrected chi connectivity index (χ3v) is 5.86. The van der Waals surface area contributed by atoms with Crippen LogP contribution in [0.4, 0.5) is 5.69 Å². The van der Waals surface area contributed by atoms with Gasteiger partial charge in [0.25, 0.3) is 5.91 Å². The number of rotatable bonds is 3. The minimum absolute atomic E-state index is 0.150. The summed E-state index contributed by atoms with van der Waals surface area (Å²) in [6.07, 6.45) is 0. The Labute approximate surface area is 141 Å². The van der Waals surface area contributed by atoms with Crippen LogP contribution in [0.5, 0.6) is 0 Å². The molecule has 0 fully saturated rings. The molecule has 0 aliphatic rings. The molecule has 112 valence electrons. The van der Waals surface area contributed by atoms with Gasteiger partial charge in [0.15, 0.2) is 0 Å². The number of hydrogen-bond donors (Lipinski definition) is 1. The van der Waals surface area contributed by atoms with Gasteiger partial charge in [-0.15, -0.1) is 22.7 Å². The van der Waals surface area contributed by atoms with Crippen LogP contribution < -0.4 is 5.32 Å². The standard InChI is InChI=1S/C16H13ClN2OS2/c1-9-11(17)5-3-6-12(9)19-15(20)14-10(2)18-16(22-14)13-7-4-8-21-13/h3-8H,1-2H3,(H,19,20). The summed E-state index contributed by atoms with van der Waals surface area (Å²) in [5, 5.41) is 6.43. The lowest BCUT2D eigenvalue weighted by Crippen LogP contribution is -2.12. The second kappa shape index (κ2) is 6.20. The lowest BCUT2D eigenvalue weighted by Gasteiger charge is -2.08. The van der Waals surface area contributed by atoms with Gasteiger partial charge in [-0.1, -0.05) is 23.7 Å². The van der Waals surface area contributed by atoms with Crippen molar-refractivity contribution in [1.82, 2.24) is 4.98 Å². The number of thiophene rings is 1. The van der Waals surface area contributed by atoms with Crippen LogP contribution in [0.15, 0.2) is 35.7 Å². The van der Waals surface area contributed by atoms with Gasteiger partial charge >= 0.3 is 0 Å². The predicted molar refractivity (Wildman–Crippen MR) is 94.3 cm³/mol. The Morgan fingerprint density at radius 3 is 2.77 bits per heavy atom. The van der Waals surface area contributed by atoms with Crippen molar-refractivity contribution >= 4 is 45.9 Å². The summed E-state index contributed by atoms with van der Waals surface area (Å²) in [5.74, 6) is -0.150. The summed E-state index contributed by atoms with van der Waals surface area (Å²) in [4.78, 5) is 18.7. The fraction of sp³-hybridized carbons (Fsp3) is 0.125. The number of carbonyl (C=O) groups excluding carboxylic acids is 1. The number of hydrogen-bond acceptors (Lipinski definition) is 4. The van der Waals surface area contributed by atoms with E-state index in [0.29, 0.717) is 9.90 Å². The second-order valence-electron chi connectivity index (χ2n) is 4.78. The molecule has 0 saturated heterocycles. The van der Waals surface area contributed by atoms with E-state index in [9.17, 15) is 4.79 Å². The first-order chi connectivity index (χ1) is 10.6. The fourth-order valence-corrected chi connectivity index (χ4v) is 3.97. The van der Waals surface area contributed by atoms with Crippen molar-refractivity contribution in [3.8, 4) is 9.88 Å². The van der Waals surface area contributed by atoms with Crippen LogP contribution in [0, 0.1) is 13.8 Å². The largest absolute Gasteiger partial charge is 0.321 e. The molecule has 3 nitrogen and oxygen atoms in total. The summed E-state index contributed by atoms with van der Waals surface area (Å²) in [7, 11) is 0. The summed E-state index contributed by atoms with van der Waals surface area (Å²) < 4.78 is 0. The van der Waals surface area contributed by atoms with Gasteiger partial charge in [-0.05, 0) is 43.0 Å². The van der Waals surface area contributed by atoms with Crippen molar-refractivity contribution in [3.05, 3.63) is 56.9 Å². The van der Waals surface area contributed by atoms with Crippen LogP contribution in [-0.2, 0) is 0 Å². The van der Waals surface area contributed by atoms with Gasteiger partial charge in [0, 0.05) is 10.7 Å². The van der Waals surface area contributed by atoms with Crippen molar-refractivity contribution < 1.29 is 4.79 Å². The molecule has 0 spiro atoms. The molecule has 2 heterocycles. The van der Waals surface area contributed by atoms with E-state index in [-0.39, 0.29) is 5.91 Å². The molecule has 2 aromatic heterocycles. The van der Waals surface area contributed by atoms with Gasteiger partial charge < -0.3 is 5.32 Å². The van der Waals surface area contributed by atoms with Crippen molar-refractivity contribution in [2.75, 3.05) is 5.32 Å². The summed E-state index contributed by atoms with van der Waals surface area (Å²) in [5.41, 5.74) is 2.33. The lowest BCUT2D eigenvalue weighted by molar-refractivity contribution is 0.102. The van der Waals surface area contributed by atoms with Crippen molar-refractivity contribution in [2.24, 2.45) is 0 Å². The Balaban J connectivity index is 1.88. The number of amides is 1. The summed E-state index contributed by atoms with van der Waals surface area (Å²) >= 11 is 9.11. The third-order valence-electron chi connectivity index (χ3n) is 3.25. The van der Waals surface area contributed by atoms with Crippen LogP contribution >= 0.6 is 34.3 Å². The van der Waals surface area contributed by atoms with E-state index in [1.165, 1.54) is 11.3 Å². The first-order valence-electron chi connectivity index (χ1n) is 6.64. The molecular formula is C16H13ClN2OS2. The zero-order valence-electron chi connectivity index (χ0n) is 12.0. The first-order valence-corrected chi connectivity index (χ1v) is 8.71. The van der Waals surface area contributed by atoms with Crippen LogP contribution in [0.2, 0.25) is 5.02 Å². The number of nitrogens with zero attached hydrogens (tertiary/aromatic N) is 1. The lowest BCUT2D eigenvalue weighted by atomic mass is 10.2. The molecule has 6 heteroatoms. The molecule has 22 heavy (non-hydrogen) atoms. The van der Waals surface area contributed by atoms with E-state index in [1.807, 2.05) is 43.5 Å². The zero-order chi connectivity index (χ0) is 15.7. The number of anilines is 1. The highest BCUT2D eigenvalue weighted by atomic mass is 35.5. The maximum absolute atomic E-state index is 12.5. The van der Waals surface area contributed by atoms with Crippen LogP contribution in [0.25, 0.3) is 9.88 Å². The van der Waals surface area contributed by atoms with Gasteiger partial charge in [0.2, 0.25) is 0 Å². The highest BCUT2D eigenvalue weighted by Crippen LogP contribution is 2.32. The molecule has 0 atom stereocenters. The van der Waals surface area contributed by atoms with Gasteiger partial charge in [0.1, 0.15) is 9.88 Å². The molecule has 1 amide bonds. The highest BCUT2D eigenvalue weighted by molar-refractivity contribution is 7.22. The molecule has 3 aromatic rings. The SMILES string of the molecule is Cc1nc(-c2cccs2)sc1C(=O)Nc1cccc(Cl)c1C. The monoisotopic (exact) mass is 348 g/mol. The van der Waals surface area contributed by atoms with Gasteiger partial charge in [-0.3, -0.25) is 4.79 Å². The normalized spacial score (nSPS) is 10.7. The van der Waals surface area contributed by atoms with Crippen molar-refractivity contribution in [1.29, 1.82) is 0 Å². The topological polar surface area (TPSA) is 42.0 Å². The quantitative estimate of drug-likeness (QED) is 0.689. The Kier molecular flexibility index (Phi) is 4.29. The summed E-state index contributed by atoms with van der Waals surface area (Å²) in [6, 6.07) is 9.45. The Morgan fingerprint density at radius 1 is 1.23 bits per heavy atom. The molecular weight excluding hydrogens is 336 g/mol. The van der Waals surface area contributed by atoms with Gasteiger partial charge in [-0.2, -0.15) is 0 Å². The van der Waals surface area contributed by atoms with Crippen molar-refractivity contribution in [3.63, 3.8) is 0 Å². The highest BCUT2D eigenvalue weighted by Gasteiger charge is 2.17. The molecule has 0 bridgehead atoms. The number of nitrogens with one attached hydrogen (secondary N) is 1. The van der Waals surface area contributed by atoms with E-state index in [2.05, 4.69) is 10.3 Å². The van der Waals surface area contributed by atoms with Crippen LogP contribution in [-0.4, -0.2) is 10.9 Å². The molecule has 1 aromatic carbocycles. The summed E-state index contributed by atoms with van der Waals surface area (Å²) in [6.45, 7) is 3.74. The van der Waals surface area contributed by atoms with E-state index in [1.54, 1.807) is 17.4 Å². The van der Waals surface area contributed by atoms with E-state index >= 15 is 0 Å². The number of benzene rings is 1. The van der Waals surface area contributed by atoms with E-state index in [0.717, 1.165) is 26.8 Å². The number of thiazole rings is 1. The number of carbonyl (C=O) groups is 1. The Bertz CT molecular complexity index is 825. The zero-order valence-corrected chi connectivity index (χ0v) is 14.4. The average molecular weight is 349 g/mol. The maximum Gasteiger partial charge on any atom is 0.267 e. The second-order valence-corrected chi connectivity index (χ2v) is 7.13. The average Bonchev–Trinajstić information content (AvgIpc) is 3.13. The molecule has 0 radical (unpaired) electrons.